The Labute approximate surface area is 201 Å². The standard InChI is InChI=1S/C25H22N4O4S/c30-25(28-15-17-34-24(28)21-11-13-26-14-12-21)27-33-16-5-4-8-20-9-10-22(18-23(20)29(31)32)19-6-2-1-3-7-19/h1-7,9-15,17-18,24H,8,16H2,(H,27,30). The number of nitro groups is 1. The number of nitro benzene ring substituents is 1. The van der Waals surface area contributed by atoms with E-state index in [1.54, 1.807) is 47.8 Å². The molecule has 4 rings (SSSR count). The van der Waals surface area contributed by atoms with Gasteiger partial charge in [0.1, 0.15) is 5.37 Å². The number of hydroxylamine groups is 1. The Morgan fingerprint density at radius 1 is 1.12 bits per heavy atom. The molecule has 2 heterocycles. The second-order valence-electron chi connectivity index (χ2n) is 7.32. The Bertz CT molecular complexity index is 1200. The molecule has 1 aromatic heterocycles. The van der Waals surface area contributed by atoms with Crippen molar-refractivity contribution in [1.29, 1.82) is 0 Å². The number of hydrogen-bond acceptors (Lipinski definition) is 6. The fourth-order valence-corrected chi connectivity index (χ4v) is 4.42. The van der Waals surface area contributed by atoms with E-state index in [1.807, 2.05) is 53.9 Å². The van der Waals surface area contributed by atoms with Crippen LogP contribution in [0.5, 0.6) is 0 Å². The predicted octanol–water partition coefficient (Wildman–Crippen LogP) is 5.62. The molecule has 0 spiro atoms. The summed E-state index contributed by atoms with van der Waals surface area (Å²) in [5, 5.41) is 13.2. The maximum absolute atomic E-state index is 12.5. The number of benzene rings is 2. The average molecular weight is 475 g/mol. The number of aromatic nitrogens is 1. The van der Waals surface area contributed by atoms with Gasteiger partial charge >= 0.3 is 6.03 Å². The SMILES string of the molecule is O=C(NOCC=CCc1ccc(-c2ccccc2)cc1[N+](=O)[O-])N1C=CSC1c1ccncc1. The first-order valence-corrected chi connectivity index (χ1v) is 11.5. The van der Waals surface area contributed by atoms with Gasteiger partial charge in [0, 0.05) is 30.2 Å². The molecule has 0 bridgehead atoms. The normalized spacial score (nSPS) is 15.1. The van der Waals surface area contributed by atoms with Gasteiger partial charge in [0.2, 0.25) is 0 Å². The van der Waals surface area contributed by atoms with Crippen molar-refractivity contribution in [2.75, 3.05) is 6.61 Å². The Kier molecular flexibility index (Phi) is 7.69. The molecule has 0 radical (unpaired) electrons. The van der Waals surface area contributed by atoms with Gasteiger partial charge in [0.15, 0.2) is 0 Å². The predicted molar refractivity (Wildman–Crippen MR) is 131 cm³/mol. The van der Waals surface area contributed by atoms with Crippen molar-refractivity contribution in [1.82, 2.24) is 15.4 Å². The number of urea groups is 1. The third kappa shape index (κ3) is 5.69. The van der Waals surface area contributed by atoms with Crippen molar-refractivity contribution >= 4 is 23.5 Å². The molecule has 1 aliphatic heterocycles. The highest BCUT2D eigenvalue weighted by Crippen LogP contribution is 2.38. The first-order valence-electron chi connectivity index (χ1n) is 10.5. The zero-order valence-electron chi connectivity index (χ0n) is 18.1. The van der Waals surface area contributed by atoms with Crippen molar-refractivity contribution < 1.29 is 14.6 Å². The monoisotopic (exact) mass is 474 g/mol. The van der Waals surface area contributed by atoms with Gasteiger partial charge in [0.05, 0.1) is 11.5 Å². The largest absolute Gasteiger partial charge is 0.346 e. The average Bonchev–Trinajstić information content (AvgIpc) is 3.37. The van der Waals surface area contributed by atoms with Crippen LogP contribution < -0.4 is 5.48 Å². The Balaban J connectivity index is 1.29. The molecule has 9 heteroatoms. The van der Waals surface area contributed by atoms with E-state index in [9.17, 15) is 14.9 Å². The Morgan fingerprint density at radius 2 is 1.91 bits per heavy atom. The Morgan fingerprint density at radius 3 is 2.68 bits per heavy atom. The number of nitrogens with zero attached hydrogens (tertiary/aromatic N) is 3. The summed E-state index contributed by atoms with van der Waals surface area (Å²) < 4.78 is 0. The minimum absolute atomic E-state index is 0.0701. The van der Waals surface area contributed by atoms with E-state index >= 15 is 0 Å². The van der Waals surface area contributed by atoms with Crippen LogP contribution in [0, 0.1) is 10.1 Å². The van der Waals surface area contributed by atoms with Crippen LogP contribution in [-0.4, -0.2) is 27.4 Å². The number of pyridine rings is 1. The fraction of sp³-hybridized carbons (Fsp3) is 0.120. The molecule has 1 aliphatic rings. The van der Waals surface area contributed by atoms with Gasteiger partial charge in [-0.1, -0.05) is 54.6 Å². The molecule has 2 aromatic carbocycles. The second kappa shape index (κ2) is 11.3. The van der Waals surface area contributed by atoms with Gasteiger partial charge in [0.25, 0.3) is 5.69 Å². The van der Waals surface area contributed by atoms with Crippen LogP contribution >= 0.6 is 11.8 Å². The molecular formula is C25H22N4O4S. The topological polar surface area (TPSA) is 97.6 Å². The van der Waals surface area contributed by atoms with E-state index in [-0.39, 0.29) is 28.6 Å². The molecule has 34 heavy (non-hydrogen) atoms. The van der Waals surface area contributed by atoms with Gasteiger partial charge in [-0.15, -0.1) is 11.8 Å². The van der Waals surface area contributed by atoms with Crippen molar-refractivity contribution in [3.05, 3.63) is 118 Å². The van der Waals surface area contributed by atoms with E-state index in [0.29, 0.717) is 12.0 Å². The van der Waals surface area contributed by atoms with Crippen LogP contribution in [0.3, 0.4) is 0 Å². The fourth-order valence-electron chi connectivity index (χ4n) is 3.46. The minimum Gasteiger partial charge on any atom is -0.282 e. The molecule has 0 aliphatic carbocycles. The third-order valence-electron chi connectivity index (χ3n) is 5.14. The lowest BCUT2D eigenvalue weighted by atomic mass is 10.0. The molecule has 8 nitrogen and oxygen atoms in total. The summed E-state index contributed by atoms with van der Waals surface area (Å²) >= 11 is 1.51. The zero-order valence-corrected chi connectivity index (χ0v) is 18.9. The molecule has 1 unspecified atom stereocenters. The molecule has 1 N–H and O–H groups in total. The number of carbonyl (C=O) groups is 1. The highest BCUT2D eigenvalue weighted by Gasteiger charge is 2.27. The van der Waals surface area contributed by atoms with Gasteiger partial charge < -0.3 is 0 Å². The Hall–Kier alpha value is -3.95. The summed E-state index contributed by atoms with van der Waals surface area (Å²) in [6.07, 6.45) is 8.93. The smallest absolute Gasteiger partial charge is 0.282 e. The highest BCUT2D eigenvalue weighted by atomic mass is 32.2. The maximum atomic E-state index is 12.5. The van der Waals surface area contributed by atoms with Crippen molar-refractivity contribution in [2.24, 2.45) is 0 Å². The van der Waals surface area contributed by atoms with Crippen molar-refractivity contribution in [2.45, 2.75) is 11.8 Å². The summed E-state index contributed by atoms with van der Waals surface area (Å²) in [5.74, 6) is 0. The van der Waals surface area contributed by atoms with Crippen molar-refractivity contribution in [3.63, 3.8) is 0 Å². The van der Waals surface area contributed by atoms with E-state index in [1.165, 1.54) is 11.8 Å². The summed E-state index contributed by atoms with van der Waals surface area (Å²) in [7, 11) is 0. The maximum Gasteiger partial charge on any atom is 0.346 e. The number of allylic oxidation sites excluding steroid dienone is 1. The number of rotatable bonds is 8. The van der Waals surface area contributed by atoms with E-state index < -0.39 is 0 Å². The van der Waals surface area contributed by atoms with E-state index in [4.69, 9.17) is 4.84 Å². The molecular weight excluding hydrogens is 452 g/mol. The molecule has 0 saturated heterocycles. The van der Waals surface area contributed by atoms with Crippen LogP contribution in [-0.2, 0) is 11.3 Å². The quantitative estimate of drug-likeness (QED) is 0.197. The molecule has 0 fully saturated rings. The van der Waals surface area contributed by atoms with Gasteiger partial charge in [-0.05, 0) is 40.7 Å². The number of amides is 2. The first kappa shape index (κ1) is 23.2. The molecule has 3 aromatic rings. The molecule has 2 amide bonds. The highest BCUT2D eigenvalue weighted by molar-refractivity contribution is 8.02. The summed E-state index contributed by atoms with van der Waals surface area (Å²) in [4.78, 5) is 34.5. The molecule has 172 valence electrons. The van der Waals surface area contributed by atoms with Crippen LogP contribution in [0.25, 0.3) is 11.1 Å². The summed E-state index contributed by atoms with van der Waals surface area (Å²) in [5.41, 5.74) is 5.78. The zero-order chi connectivity index (χ0) is 23.8. The lowest BCUT2D eigenvalue weighted by Crippen LogP contribution is -2.36. The molecule has 1 atom stereocenters. The number of hydrogen-bond donors (Lipinski definition) is 1. The first-order chi connectivity index (χ1) is 16.6. The lowest BCUT2D eigenvalue weighted by Gasteiger charge is -2.22. The summed E-state index contributed by atoms with van der Waals surface area (Å²) in [6.45, 7) is 0.131. The van der Waals surface area contributed by atoms with Crippen LogP contribution in [0.1, 0.15) is 16.5 Å². The molecule has 0 saturated carbocycles. The van der Waals surface area contributed by atoms with Crippen molar-refractivity contribution in [3.8, 4) is 11.1 Å². The minimum atomic E-state index is -0.386. The van der Waals surface area contributed by atoms with Crippen LogP contribution in [0.4, 0.5) is 10.5 Å². The second-order valence-corrected chi connectivity index (χ2v) is 8.31. The van der Waals surface area contributed by atoms with E-state index in [2.05, 4.69) is 10.5 Å². The van der Waals surface area contributed by atoms with Crippen LogP contribution in [0.15, 0.2) is 96.8 Å². The van der Waals surface area contributed by atoms with Gasteiger partial charge in [-0.2, -0.15) is 0 Å². The van der Waals surface area contributed by atoms with Gasteiger partial charge in [-0.25, -0.2) is 10.3 Å². The van der Waals surface area contributed by atoms with Gasteiger partial charge in [-0.3, -0.25) is 24.8 Å². The third-order valence-corrected chi connectivity index (χ3v) is 6.18. The number of carbonyl (C=O) groups excluding carboxylic acids is 1. The lowest BCUT2D eigenvalue weighted by molar-refractivity contribution is -0.385. The number of nitrogens with one attached hydrogen (secondary N) is 1. The summed E-state index contributed by atoms with van der Waals surface area (Å²) in [6, 6.07) is 18.1. The van der Waals surface area contributed by atoms with E-state index in [0.717, 1.165) is 16.7 Å². The van der Waals surface area contributed by atoms with Crippen LogP contribution in [0.2, 0.25) is 0 Å². The number of thioether (sulfide) groups is 1.